The molecule has 36 heavy (non-hydrogen) atoms. The Bertz CT molecular complexity index is 1370. The van der Waals surface area contributed by atoms with Gasteiger partial charge in [-0.05, 0) is 54.1 Å². The van der Waals surface area contributed by atoms with Gasteiger partial charge >= 0.3 is 6.36 Å². The number of H-pyrrole nitrogens is 1. The highest BCUT2D eigenvalue weighted by molar-refractivity contribution is 6.76. The van der Waals surface area contributed by atoms with Crippen molar-refractivity contribution >= 4 is 25.0 Å². The van der Waals surface area contributed by atoms with Crippen LogP contribution < -0.4 is 10.5 Å². The number of rotatable bonds is 9. The van der Waals surface area contributed by atoms with E-state index in [0.29, 0.717) is 29.2 Å². The number of carbonyl (C=O) groups excluding carboxylic acids is 1. The van der Waals surface area contributed by atoms with Crippen LogP contribution in [0.3, 0.4) is 0 Å². The summed E-state index contributed by atoms with van der Waals surface area (Å²) in [4.78, 5) is 19.9. The number of hydrogen-bond donors (Lipinski definition) is 2. The summed E-state index contributed by atoms with van der Waals surface area (Å²) in [7, 11) is -1.34. The first-order chi connectivity index (χ1) is 16.9. The normalized spacial score (nSPS) is 12.3. The van der Waals surface area contributed by atoms with Crippen molar-refractivity contribution in [1.82, 2.24) is 14.5 Å². The molecule has 4 aromatic rings. The third-order valence-electron chi connectivity index (χ3n) is 5.68. The zero-order valence-electron chi connectivity index (χ0n) is 20.1. The van der Waals surface area contributed by atoms with E-state index in [-0.39, 0.29) is 18.0 Å². The fourth-order valence-corrected chi connectivity index (χ4v) is 4.69. The number of nitrogens with zero attached hydrogens (tertiary/aromatic N) is 2. The van der Waals surface area contributed by atoms with Crippen LogP contribution in [-0.4, -0.2) is 41.5 Å². The molecule has 190 valence electrons. The van der Waals surface area contributed by atoms with Crippen molar-refractivity contribution in [3.05, 3.63) is 60.4 Å². The number of alkyl halides is 3. The van der Waals surface area contributed by atoms with Crippen LogP contribution in [0, 0.1) is 0 Å². The molecule has 0 saturated carbocycles. The molecule has 11 heteroatoms. The molecule has 0 fully saturated rings. The zero-order valence-corrected chi connectivity index (χ0v) is 21.1. The fourth-order valence-electron chi connectivity index (χ4n) is 3.94. The lowest BCUT2D eigenvalue weighted by Gasteiger charge is -2.18. The minimum absolute atomic E-state index is 0.122. The number of nitrogens with one attached hydrogen (secondary N) is 1. The molecule has 0 unspecified atom stereocenters. The second kappa shape index (κ2) is 9.82. The van der Waals surface area contributed by atoms with Crippen LogP contribution in [0.2, 0.25) is 25.7 Å². The highest BCUT2D eigenvalue weighted by Gasteiger charge is 2.31. The minimum atomic E-state index is -4.80. The van der Waals surface area contributed by atoms with Crippen molar-refractivity contribution in [2.45, 2.75) is 38.8 Å². The molecular formula is C25H27F3N4O3Si. The van der Waals surface area contributed by atoms with Gasteiger partial charge in [-0.2, -0.15) is 0 Å². The second-order valence-corrected chi connectivity index (χ2v) is 15.2. The third-order valence-corrected chi connectivity index (χ3v) is 7.38. The molecule has 1 amide bonds. The lowest BCUT2D eigenvalue weighted by Crippen LogP contribution is -2.22. The van der Waals surface area contributed by atoms with E-state index in [1.165, 1.54) is 24.3 Å². The number of aromatic nitrogens is 3. The predicted molar refractivity (Wildman–Crippen MR) is 134 cm³/mol. The van der Waals surface area contributed by atoms with Gasteiger partial charge in [-0.15, -0.1) is 13.2 Å². The summed E-state index contributed by atoms with van der Waals surface area (Å²) in [6, 6.07) is 11.7. The monoisotopic (exact) mass is 516 g/mol. The molecule has 0 spiro atoms. The standard InChI is InChI=1S/C25H27F3N4O3Si/c1-36(2,3)13-12-34-15-32-21(18-8-10-30-24-19(18)9-11-31-24)14-20(23(29)33)22(32)16-4-6-17(7-5-16)35-25(26,27)28/h4-11,14H,12-13,15H2,1-3H3,(H2,29,33)(H,30,31). The van der Waals surface area contributed by atoms with E-state index in [9.17, 15) is 18.0 Å². The number of pyridine rings is 1. The third kappa shape index (κ3) is 5.80. The number of carbonyl (C=O) groups is 1. The maximum Gasteiger partial charge on any atom is 0.573 e. The first-order valence-corrected chi connectivity index (χ1v) is 15.0. The van der Waals surface area contributed by atoms with E-state index in [2.05, 4.69) is 34.3 Å². The van der Waals surface area contributed by atoms with Crippen molar-refractivity contribution < 1.29 is 27.4 Å². The molecule has 0 radical (unpaired) electrons. The van der Waals surface area contributed by atoms with Gasteiger partial charge < -0.3 is 24.8 Å². The molecule has 0 bridgehead atoms. The average molecular weight is 517 g/mol. The van der Waals surface area contributed by atoms with Gasteiger partial charge in [0.2, 0.25) is 0 Å². The van der Waals surface area contributed by atoms with Crippen molar-refractivity contribution in [3.63, 3.8) is 0 Å². The number of aromatic amines is 1. The maximum atomic E-state index is 12.6. The van der Waals surface area contributed by atoms with Crippen LogP contribution in [0.1, 0.15) is 10.4 Å². The quantitative estimate of drug-likeness (QED) is 0.210. The van der Waals surface area contributed by atoms with E-state index in [4.69, 9.17) is 10.5 Å². The van der Waals surface area contributed by atoms with Crippen molar-refractivity contribution in [2.24, 2.45) is 5.73 Å². The molecule has 0 aliphatic heterocycles. The molecule has 0 aliphatic carbocycles. The Kier molecular flexibility index (Phi) is 6.96. The van der Waals surface area contributed by atoms with Crippen LogP contribution >= 0.6 is 0 Å². The Labute approximate surface area is 207 Å². The van der Waals surface area contributed by atoms with E-state index in [0.717, 1.165) is 17.0 Å². The van der Waals surface area contributed by atoms with Crippen LogP contribution in [0.4, 0.5) is 13.2 Å². The second-order valence-electron chi connectivity index (χ2n) is 9.60. The van der Waals surface area contributed by atoms with Gasteiger partial charge in [0.15, 0.2) is 0 Å². The molecule has 1 aromatic carbocycles. The number of fused-ring (bicyclic) bond motifs is 1. The molecule has 7 nitrogen and oxygen atoms in total. The molecule has 3 heterocycles. The van der Waals surface area contributed by atoms with Crippen molar-refractivity contribution in [3.8, 4) is 28.3 Å². The molecular weight excluding hydrogens is 489 g/mol. The smallest absolute Gasteiger partial charge is 0.406 e. The topological polar surface area (TPSA) is 95.2 Å². The van der Waals surface area contributed by atoms with E-state index in [1.54, 1.807) is 18.5 Å². The van der Waals surface area contributed by atoms with Crippen LogP contribution in [0.5, 0.6) is 5.75 Å². The van der Waals surface area contributed by atoms with E-state index < -0.39 is 20.3 Å². The number of hydrogen-bond acceptors (Lipinski definition) is 4. The number of nitrogens with two attached hydrogens (primary N) is 1. The largest absolute Gasteiger partial charge is 0.573 e. The van der Waals surface area contributed by atoms with Crippen molar-refractivity contribution in [2.75, 3.05) is 6.61 Å². The molecule has 4 rings (SSSR count). The van der Waals surface area contributed by atoms with Gasteiger partial charge in [-0.25, -0.2) is 4.98 Å². The first kappa shape index (κ1) is 25.5. The highest BCUT2D eigenvalue weighted by atomic mass is 28.3. The van der Waals surface area contributed by atoms with Crippen LogP contribution in [-0.2, 0) is 11.5 Å². The van der Waals surface area contributed by atoms with Crippen LogP contribution in [0.25, 0.3) is 33.5 Å². The Morgan fingerprint density at radius 2 is 1.86 bits per heavy atom. The van der Waals surface area contributed by atoms with Gasteiger partial charge in [0.1, 0.15) is 18.1 Å². The van der Waals surface area contributed by atoms with Gasteiger partial charge in [0, 0.05) is 38.0 Å². The first-order valence-electron chi connectivity index (χ1n) is 11.3. The summed E-state index contributed by atoms with van der Waals surface area (Å²) in [6.45, 7) is 7.40. The number of ether oxygens (including phenoxy) is 2. The van der Waals surface area contributed by atoms with Gasteiger partial charge in [0.25, 0.3) is 5.91 Å². The molecule has 3 aromatic heterocycles. The zero-order chi connectivity index (χ0) is 26.1. The number of benzene rings is 1. The Hall–Kier alpha value is -3.57. The Morgan fingerprint density at radius 3 is 2.50 bits per heavy atom. The van der Waals surface area contributed by atoms with Crippen LogP contribution in [0.15, 0.2) is 54.9 Å². The summed E-state index contributed by atoms with van der Waals surface area (Å²) in [6.07, 6.45) is -1.38. The molecule has 3 N–H and O–H groups in total. The SMILES string of the molecule is C[Si](C)(C)CCOCn1c(-c2ccnc3[nH]ccc23)cc(C(N)=O)c1-c1ccc(OC(F)(F)F)cc1. The van der Waals surface area contributed by atoms with Gasteiger partial charge in [0.05, 0.1) is 17.0 Å². The molecule has 0 aliphatic rings. The summed E-state index contributed by atoms with van der Waals surface area (Å²) < 4.78 is 49.8. The Balaban J connectivity index is 1.83. The Morgan fingerprint density at radius 1 is 1.14 bits per heavy atom. The fraction of sp³-hybridized carbons (Fsp3) is 0.280. The summed E-state index contributed by atoms with van der Waals surface area (Å²) in [5.41, 5.74) is 9.08. The van der Waals surface area contributed by atoms with Crippen molar-refractivity contribution in [1.29, 1.82) is 0 Å². The summed E-state index contributed by atoms with van der Waals surface area (Å²) in [5, 5.41) is 0.842. The number of halogens is 3. The molecule has 0 saturated heterocycles. The van der Waals surface area contributed by atoms with E-state index >= 15 is 0 Å². The highest BCUT2D eigenvalue weighted by Crippen LogP contribution is 2.36. The molecule has 0 atom stereocenters. The predicted octanol–water partition coefficient (Wildman–Crippen LogP) is 6.01. The summed E-state index contributed by atoms with van der Waals surface area (Å²) in [5.74, 6) is -1.03. The number of primary amides is 1. The van der Waals surface area contributed by atoms with E-state index in [1.807, 2.05) is 16.7 Å². The lowest BCUT2D eigenvalue weighted by atomic mass is 10.1. The van der Waals surface area contributed by atoms with Gasteiger partial charge in [-0.3, -0.25) is 4.79 Å². The summed E-state index contributed by atoms with van der Waals surface area (Å²) >= 11 is 0. The van der Waals surface area contributed by atoms with Gasteiger partial charge in [-0.1, -0.05) is 19.6 Å². The number of amides is 1. The average Bonchev–Trinajstić information content (AvgIpc) is 3.40. The minimum Gasteiger partial charge on any atom is -0.406 e. The lowest BCUT2D eigenvalue weighted by molar-refractivity contribution is -0.274. The maximum absolute atomic E-state index is 12.6.